The van der Waals surface area contributed by atoms with Crippen molar-refractivity contribution in [2.75, 3.05) is 7.11 Å². The largest absolute Gasteiger partial charge is 0.482 e. The number of aromatic amines is 1. The molecule has 0 unspecified atom stereocenters. The second-order valence-corrected chi connectivity index (χ2v) is 7.07. The van der Waals surface area contributed by atoms with Gasteiger partial charge < -0.3 is 24.6 Å². The highest BCUT2D eigenvalue weighted by Crippen LogP contribution is 2.19. The van der Waals surface area contributed by atoms with E-state index in [-0.39, 0.29) is 30.0 Å². The van der Waals surface area contributed by atoms with Crippen LogP contribution in [-0.2, 0) is 29.1 Å². The first kappa shape index (κ1) is 24.3. The van der Waals surface area contributed by atoms with Crippen LogP contribution in [0, 0.1) is 11.6 Å². The number of nitrogens with one attached hydrogen (secondary N) is 2. The molecule has 0 atom stereocenters. The fourth-order valence-electron chi connectivity index (χ4n) is 3.14. The lowest BCUT2D eigenvalue weighted by atomic mass is 10.1. The van der Waals surface area contributed by atoms with Gasteiger partial charge in [-0.15, -0.1) is 0 Å². The molecule has 0 spiro atoms. The Bertz CT molecular complexity index is 1270. The molecule has 34 heavy (non-hydrogen) atoms. The summed E-state index contributed by atoms with van der Waals surface area (Å²) in [6.07, 6.45) is -0.0358. The highest BCUT2D eigenvalue weighted by Gasteiger charge is 2.26. The van der Waals surface area contributed by atoms with Crippen LogP contribution in [0.1, 0.15) is 37.7 Å². The van der Waals surface area contributed by atoms with Gasteiger partial charge in [-0.25, -0.2) is 13.6 Å². The van der Waals surface area contributed by atoms with E-state index in [0.29, 0.717) is 17.9 Å². The highest BCUT2D eigenvalue weighted by atomic mass is 19.1. The van der Waals surface area contributed by atoms with Crippen molar-refractivity contribution in [1.82, 2.24) is 10.3 Å². The van der Waals surface area contributed by atoms with E-state index in [2.05, 4.69) is 10.3 Å². The number of hydrogen-bond acceptors (Lipinski definition) is 6. The molecule has 0 radical (unpaired) electrons. The van der Waals surface area contributed by atoms with Crippen LogP contribution in [0.15, 0.2) is 53.3 Å². The highest BCUT2D eigenvalue weighted by molar-refractivity contribution is 5.97. The summed E-state index contributed by atoms with van der Waals surface area (Å²) in [5.74, 6) is -3.93. The molecule has 2 N–H and O–H groups in total. The average molecular weight is 470 g/mol. The van der Waals surface area contributed by atoms with Gasteiger partial charge in [0, 0.05) is 30.2 Å². The first-order valence-electron chi connectivity index (χ1n) is 10.1. The number of aromatic nitrogens is 1. The van der Waals surface area contributed by atoms with Crippen LogP contribution in [0.25, 0.3) is 0 Å². The number of H-pyrrole nitrogens is 1. The van der Waals surface area contributed by atoms with Gasteiger partial charge in [0.05, 0.1) is 7.11 Å². The smallest absolute Gasteiger partial charge is 0.358 e. The van der Waals surface area contributed by atoms with Crippen molar-refractivity contribution in [2.45, 2.75) is 19.6 Å². The number of ether oxygens (including phenoxy) is 2. The summed E-state index contributed by atoms with van der Waals surface area (Å²) in [4.78, 5) is 52.0. The zero-order chi connectivity index (χ0) is 24.7. The molecule has 1 amide bonds. The summed E-state index contributed by atoms with van der Waals surface area (Å²) in [5.41, 5.74) is -1.20. The molecular weight excluding hydrogens is 450 g/mol. The molecule has 0 aliphatic carbocycles. The standard InChI is InChI=1S/C24H20F2N2O6/c1-33-24(32)20-22(34-13-14-5-3-2-4-6-14)21(30)17(9-10-29)19(28-20)23(31)27-12-15-7-8-16(25)11-18(15)26/h2-8,10-11H,9,12-13H2,1H3,(H,27,31)(H,28,30). The molecule has 3 rings (SSSR count). The molecular formula is C24H20F2N2O6. The topological polar surface area (TPSA) is 115 Å². The van der Waals surface area contributed by atoms with Crippen LogP contribution in [0.4, 0.5) is 8.78 Å². The first-order valence-corrected chi connectivity index (χ1v) is 10.1. The first-order chi connectivity index (χ1) is 16.3. The SMILES string of the molecule is COC(=O)c1[nH]c(C(=O)NCc2ccc(F)cc2F)c(CC=O)c(=O)c1OCc1ccccc1. The zero-order valence-electron chi connectivity index (χ0n) is 18.0. The summed E-state index contributed by atoms with van der Waals surface area (Å²) in [7, 11) is 1.08. The molecule has 0 saturated heterocycles. The third-order valence-electron chi connectivity index (χ3n) is 4.84. The number of methoxy groups -OCH3 is 1. The maximum Gasteiger partial charge on any atom is 0.358 e. The van der Waals surface area contributed by atoms with Crippen molar-refractivity contribution in [3.8, 4) is 5.75 Å². The lowest BCUT2D eigenvalue weighted by Gasteiger charge is -2.15. The molecule has 0 bridgehead atoms. The molecule has 0 aliphatic heterocycles. The fraction of sp³-hybridized carbons (Fsp3) is 0.167. The zero-order valence-corrected chi connectivity index (χ0v) is 18.0. The predicted octanol–water partition coefficient (Wildman–Crippen LogP) is 2.69. The molecule has 1 heterocycles. The molecule has 8 nitrogen and oxygen atoms in total. The summed E-state index contributed by atoms with van der Waals surface area (Å²) in [6.45, 7) is -0.406. The number of aldehydes is 1. The number of amides is 1. The second kappa shape index (κ2) is 11.0. The van der Waals surface area contributed by atoms with Crippen molar-refractivity contribution >= 4 is 18.2 Å². The third kappa shape index (κ3) is 5.52. The number of pyridine rings is 1. The Labute approximate surface area is 192 Å². The van der Waals surface area contributed by atoms with Crippen LogP contribution < -0.4 is 15.5 Å². The van der Waals surface area contributed by atoms with Crippen LogP contribution in [0.5, 0.6) is 5.75 Å². The third-order valence-corrected chi connectivity index (χ3v) is 4.84. The minimum absolute atomic E-state index is 0.00922. The number of hydrogen-bond donors (Lipinski definition) is 2. The number of rotatable bonds is 9. The number of benzene rings is 2. The van der Waals surface area contributed by atoms with E-state index in [4.69, 9.17) is 9.47 Å². The number of halogens is 2. The molecule has 2 aromatic carbocycles. The lowest BCUT2D eigenvalue weighted by molar-refractivity contribution is -0.107. The second-order valence-electron chi connectivity index (χ2n) is 7.07. The van der Waals surface area contributed by atoms with E-state index in [1.807, 2.05) is 0 Å². The Morgan fingerprint density at radius 2 is 1.82 bits per heavy atom. The molecule has 0 aliphatic rings. The number of esters is 1. The Balaban J connectivity index is 1.97. The summed E-state index contributed by atoms with van der Waals surface area (Å²) >= 11 is 0. The summed E-state index contributed by atoms with van der Waals surface area (Å²) < 4.78 is 37.3. The molecule has 10 heteroatoms. The van der Waals surface area contributed by atoms with E-state index < -0.39 is 46.8 Å². The maximum absolute atomic E-state index is 13.9. The van der Waals surface area contributed by atoms with Crippen LogP contribution in [0.3, 0.4) is 0 Å². The van der Waals surface area contributed by atoms with E-state index in [1.165, 1.54) is 0 Å². The van der Waals surface area contributed by atoms with Gasteiger partial charge in [0.25, 0.3) is 5.91 Å². The Kier molecular flexibility index (Phi) is 7.86. The molecule has 0 saturated carbocycles. The van der Waals surface area contributed by atoms with E-state index in [1.54, 1.807) is 30.3 Å². The minimum Gasteiger partial charge on any atom is -0.482 e. The number of carbonyl (C=O) groups excluding carboxylic acids is 3. The van der Waals surface area contributed by atoms with E-state index >= 15 is 0 Å². The number of carbonyl (C=O) groups is 3. The van der Waals surface area contributed by atoms with Gasteiger partial charge in [0.2, 0.25) is 5.43 Å². The molecule has 1 aromatic heterocycles. The monoisotopic (exact) mass is 470 g/mol. The van der Waals surface area contributed by atoms with Crippen LogP contribution >= 0.6 is 0 Å². The van der Waals surface area contributed by atoms with Crippen molar-refractivity contribution < 1.29 is 32.6 Å². The van der Waals surface area contributed by atoms with Crippen molar-refractivity contribution in [3.63, 3.8) is 0 Å². The average Bonchev–Trinajstić information content (AvgIpc) is 2.83. The Morgan fingerprint density at radius 3 is 2.47 bits per heavy atom. The normalized spacial score (nSPS) is 10.4. The minimum atomic E-state index is -0.976. The van der Waals surface area contributed by atoms with E-state index in [0.717, 1.165) is 19.2 Å². The predicted molar refractivity (Wildman–Crippen MR) is 116 cm³/mol. The molecule has 0 fully saturated rings. The van der Waals surface area contributed by atoms with Crippen molar-refractivity contribution in [2.24, 2.45) is 0 Å². The molecule has 3 aromatic rings. The van der Waals surface area contributed by atoms with Gasteiger partial charge in [-0.3, -0.25) is 9.59 Å². The van der Waals surface area contributed by atoms with Gasteiger partial charge >= 0.3 is 5.97 Å². The van der Waals surface area contributed by atoms with Gasteiger partial charge in [0.15, 0.2) is 11.4 Å². The summed E-state index contributed by atoms with van der Waals surface area (Å²) in [6, 6.07) is 11.7. The van der Waals surface area contributed by atoms with Gasteiger partial charge in [-0.1, -0.05) is 36.4 Å². The molecule has 176 valence electrons. The van der Waals surface area contributed by atoms with Gasteiger partial charge in [0.1, 0.15) is 30.2 Å². The van der Waals surface area contributed by atoms with E-state index in [9.17, 15) is 28.0 Å². The maximum atomic E-state index is 13.9. The Morgan fingerprint density at radius 1 is 1.09 bits per heavy atom. The van der Waals surface area contributed by atoms with Gasteiger partial charge in [-0.05, 0) is 11.6 Å². The van der Waals surface area contributed by atoms with Crippen molar-refractivity contribution in [3.05, 3.63) is 98.5 Å². The van der Waals surface area contributed by atoms with Crippen LogP contribution in [0.2, 0.25) is 0 Å². The van der Waals surface area contributed by atoms with Gasteiger partial charge in [-0.2, -0.15) is 0 Å². The van der Waals surface area contributed by atoms with Crippen molar-refractivity contribution in [1.29, 1.82) is 0 Å². The Hall–Kier alpha value is -4.34. The van der Waals surface area contributed by atoms with Crippen LogP contribution in [-0.4, -0.2) is 30.3 Å². The quantitative estimate of drug-likeness (QED) is 0.367. The fourth-order valence-corrected chi connectivity index (χ4v) is 3.14. The summed E-state index contributed by atoms with van der Waals surface area (Å²) in [5, 5.41) is 2.38. The lowest BCUT2D eigenvalue weighted by Crippen LogP contribution is -2.31.